The number of carbonyl (C=O) groups is 1. The summed E-state index contributed by atoms with van der Waals surface area (Å²) in [5.74, 6) is 1.91. The number of nitrogens with zero attached hydrogens (tertiary/aromatic N) is 4. The van der Waals surface area contributed by atoms with Gasteiger partial charge in [0.05, 0.1) is 31.1 Å². The fraction of sp³-hybridized carbons (Fsp3) is 0.333. The van der Waals surface area contributed by atoms with Crippen molar-refractivity contribution < 1.29 is 9.53 Å². The number of aryl methyl sites for hydroxylation is 1. The van der Waals surface area contributed by atoms with E-state index in [4.69, 9.17) is 4.74 Å². The van der Waals surface area contributed by atoms with E-state index >= 15 is 0 Å². The zero-order valence-corrected chi connectivity index (χ0v) is 17.7. The third kappa shape index (κ3) is 5.57. The van der Waals surface area contributed by atoms with Crippen LogP contribution in [-0.4, -0.2) is 45.5 Å². The van der Waals surface area contributed by atoms with E-state index < -0.39 is 0 Å². The van der Waals surface area contributed by atoms with Crippen molar-refractivity contribution >= 4 is 17.4 Å². The van der Waals surface area contributed by atoms with E-state index in [2.05, 4.69) is 20.3 Å². The molecule has 31 heavy (non-hydrogen) atoms. The highest BCUT2D eigenvalue weighted by molar-refractivity contribution is 5.76. The summed E-state index contributed by atoms with van der Waals surface area (Å²) in [6.07, 6.45) is 9.16. The Hall–Kier alpha value is -3.48. The molecule has 1 aliphatic heterocycles. The van der Waals surface area contributed by atoms with Crippen LogP contribution in [-0.2, 0) is 4.79 Å². The van der Waals surface area contributed by atoms with Crippen LogP contribution in [0.4, 0.5) is 11.5 Å². The van der Waals surface area contributed by atoms with Gasteiger partial charge in [0, 0.05) is 37.1 Å². The molecule has 1 saturated heterocycles. The summed E-state index contributed by atoms with van der Waals surface area (Å²) in [6.45, 7) is 3.90. The van der Waals surface area contributed by atoms with Gasteiger partial charge in [-0.05, 0) is 43.5 Å². The number of nitrogens with one attached hydrogen (secondary N) is 1. The lowest BCUT2D eigenvalue weighted by Gasteiger charge is -2.32. The molecule has 7 nitrogen and oxygen atoms in total. The second-order valence-corrected chi connectivity index (χ2v) is 7.73. The second kappa shape index (κ2) is 10.0. The third-order valence-corrected chi connectivity index (χ3v) is 5.48. The third-order valence-electron chi connectivity index (χ3n) is 5.48. The quantitative estimate of drug-likeness (QED) is 0.623. The number of piperidine rings is 1. The van der Waals surface area contributed by atoms with Crippen LogP contribution in [0, 0.1) is 6.92 Å². The van der Waals surface area contributed by atoms with E-state index in [1.165, 1.54) is 0 Å². The molecule has 3 heterocycles. The summed E-state index contributed by atoms with van der Waals surface area (Å²) in [7, 11) is 0. The number of hydrogen-bond acceptors (Lipinski definition) is 6. The van der Waals surface area contributed by atoms with Crippen LogP contribution in [0.15, 0.2) is 61.2 Å². The van der Waals surface area contributed by atoms with Crippen molar-refractivity contribution in [2.75, 3.05) is 25.0 Å². The molecular weight excluding hydrogens is 390 g/mol. The number of ether oxygens (including phenoxy) is 1. The Bertz CT molecular complexity index is 994. The maximum absolute atomic E-state index is 12.7. The number of carbonyl (C=O) groups excluding carboxylic acids is 1. The van der Waals surface area contributed by atoms with Crippen LogP contribution in [0.2, 0.25) is 0 Å². The van der Waals surface area contributed by atoms with Crippen molar-refractivity contribution in [3.63, 3.8) is 0 Å². The summed E-state index contributed by atoms with van der Waals surface area (Å²) >= 11 is 0. The largest absolute Gasteiger partial charge is 0.493 e. The van der Waals surface area contributed by atoms with Gasteiger partial charge in [0.2, 0.25) is 5.91 Å². The zero-order chi connectivity index (χ0) is 21.5. The summed E-state index contributed by atoms with van der Waals surface area (Å²) < 4.78 is 5.80. The highest BCUT2D eigenvalue weighted by Gasteiger charge is 2.25. The van der Waals surface area contributed by atoms with Crippen LogP contribution in [0.1, 0.15) is 36.4 Å². The van der Waals surface area contributed by atoms with Gasteiger partial charge in [-0.1, -0.05) is 18.2 Å². The topological polar surface area (TPSA) is 80.2 Å². The molecule has 1 fully saturated rings. The molecule has 1 aromatic carbocycles. The lowest BCUT2D eigenvalue weighted by atomic mass is 9.94. The van der Waals surface area contributed by atoms with E-state index in [1.807, 2.05) is 48.2 Å². The molecule has 1 aliphatic rings. The highest BCUT2D eigenvalue weighted by atomic mass is 16.5. The van der Waals surface area contributed by atoms with Crippen LogP contribution in [0.3, 0.4) is 0 Å². The normalized spacial score (nSPS) is 16.0. The number of hydrogen-bond donors (Lipinski definition) is 1. The molecule has 7 heteroatoms. The highest BCUT2D eigenvalue weighted by Crippen LogP contribution is 2.27. The van der Waals surface area contributed by atoms with Gasteiger partial charge in [-0.15, -0.1) is 0 Å². The number of benzene rings is 1. The lowest BCUT2D eigenvalue weighted by Crippen LogP contribution is -2.39. The molecule has 0 spiro atoms. The van der Waals surface area contributed by atoms with Gasteiger partial charge in [0.1, 0.15) is 11.6 Å². The summed E-state index contributed by atoms with van der Waals surface area (Å²) in [4.78, 5) is 27.5. The standard InChI is InChI=1S/C24H27N5O2/c1-18-5-2-3-7-22(18)31-14-10-24(30)29-13-4-6-19(17-29)21-9-8-20(15-27-21)28-23-16-25-11-12-26-23/h2-3,5,7-9,11-12,15-16,19H,4,6,10,13-14,17H2,1H3,(H,26,28)/t19-/m0/s1. The van der Waals surface area contributed by atoms with Gasteiger partial charge < -0.3 is 15.0 Å². The number of amides is 1. The first-order valence-corrected chi connectivity index (χ1v) is 10.6. The van der Waals surface area contributed by atoms with Gasteiger partial charge >= 0.3 is 0 Å². The molecule has 0 aliphatic carbocycles. The van der Waals surface area contributed by atoms with Gasteiger partial charge in [-0.2, -0.15) is 0 Å². The van der Waals surface area contributed by atoms with Crippen molar-refractivity contribution in [1.82, 2.24) is 19.9 Å². The Morgan fingerprint density at radius 3 is 2.84 bits per heavy atom. The molecule has 0 unspecified atom stereocenters. The van der Waals surface area contributed by atoms with Crippen molar-refractivity contribution in [1.29, 1.82) is 0 Å². The monoisotopic (exact) mass is 417 g/mol. The molecule has 0 bridgehead atoms. The Morgan fingerprint density at radius 1 is 1.16 bits per heavy atom. The molecule has 160 valence electrons. The number of para-hydroxylation sites is 1. The Labute approximate surface area is 182 Å². The number of aromatic nitrogens is 3. The van der Waals surface area contributed by atoms with E-state index in [0.717, 1.165) is 42.1 Å². The summed E-state index contributed by atoms with van der Waals surface area (Å²) in [5.41, 5.74) is 2.95. The first kappa shape index (κ1) is 20.8. The number of anilines is 2. The van der Waals surface area contributed by atoms with Crippen molar-refractivity contribution in [2.24, 2.45) is 0 Å². The van der Waals surface area contributed by atoms with Gasteiger partial charge in [0.25, 0.3) is 0 Å². The number of pyridine rings is 1. The molecule has 0 saturated carbocycles. The second-order valence-electron chi connectivity index (χ2n) is 7.73. The Kier molecular flexibility index (Phi) is 6.72. The maximum atomic E-state index is 12.7. The summed E-state index contributed by atoms with van der Waals surface area (Å²) in [6, 6.07) is 11.9. The zero-order valence-electron chi connectivity index (χ0n) is 17.7. The molecule has 4 rings (SSSR count). The first-order chi connectivity index (χ1) is 15.2. The average Bonchev–Trinajstić information content (AvgIpc) is 2.81. The molecule has 1 amide bonds. The van der Waals surface area contributed by atoms with Crippen LogP contribution in [0.25, 0.3) is 0 Å². The molecule has 1 atom stereocenters. The molecule has 0 radical (unpaired) electrons. The summed E-state index contributed by atoms with van der Waals surface area (Å²) in [5, 5.41) is 3.19. The van der Waals surface area contributed by atoms with Gasteiger partial charge in [0.15, 0.2) is 0 Å². The lowest BCUT2D eigenvalue weighted by molar-refractivity contribution is -0.132. The van der Waals surface area contributed by atoms with Crippen molar-refractivity contribution in [3.05, 3.63) is 72.4 Å². The average molecular weight is 418 g/mol. The number of likely N-dealkylation sites (tertiary alicyclic amines) is 1. The minimum Gasteiger partial charge on any atom is -0.493 e. The fourth-order valence-corrected chi connectivity index (χ4v) is 3.80. The smallest absolute Gasteiger partial charge is 0.226 e. The fourth-order valence-electron chi connectivity index (χ4n) is 3.80. The predicted molar refractivity (Wildman–Crippen MR) is 119 cm³/mol. The molecule has 2 aromatic heterocycles. The minimum absolute atomic E-state index is 0.138. The van der Waals surface area contributed by atoms with E-state index in [0.29, 0.717) is 25.4 Å². The van der Waals surface area contributed by atoms with Crippen LogP contribution < -0.4 is 10.1 Å². The van der Waals surface area contributed by atoms with Crippen LogP contribution in [0.5, 0.6) is 5.75 Å². The maximum Gasteiger partial charge on any atom is 0.226 e. The molecular formula is C24H27N5O2. The van der Waals surface area contributed by atoms with Crippen molar-refractivity contribution in [2.45, 2.75) is 32.1 Å². The predicted octanol–water partition coefficient (Wildman–Crippen LogP) is 4.10. The Morgan fingerprint density at radius 2 is 2.06 bits per heavy atom. The number of rotatable bonds is 7. The van der Waals surface area contributed by atoms with E-state index in [9.17, 15) is 4.79 Å². The van der Waals surface area contributed by atoms with Crippen LogP contribution >= 0.6 is 0 Å². The molecule has 1 N–H and O–H groups in total. The SMILES string of the molecule is Cc1ccccc1OCCC(=O)N1CCC[C@H](c2ccc(Nc3cnccn3)cn2)C1. The van der Waals surface area contributed by atoms with E-state index in [-0.39, 0.29) is 11.8 Å². The van der Waals surface area contributed by atoms with Gasteiger partial charge in [-0.25, -0.2) is 4.98 Å². The Balaban J connectivity index is 1.29. The first-order valence-electron chi connectivity index (χ1n) is 10.6. The van der Waals surface area contributed by atoms with E-state index in [1.54, 1.807) is 24.8 Å². The molecule has 3 aromatic rings. The van der Waals surface area contributed by atoms with Crippen molar-refractivity contribution in [3.8, 4) is 5.75 Å². The van der Waals surface area contributed by atoms with Gasteiger partial charge in [-0.3, -0.25) is 14.8 Å². The minimum atomic E-state index is 0.138.